The number of amides is 3. The van der Waals surface area contributed by atoms with Crippen molar-refractivity contribution in [1.82, 2.24) is 9.47 Å². The van der Waals surface area contributed by atoms with Gasteiger partial charge < -0.3 is 14.6 Å². The van der Waals surface area contributed by atoms with Crippen LogP contribution in [0.1, 0.15) is 21.5 Å². The Kier molecular flexibility index (Phi) is 7.29. The lowest BCUT2D eigenvalue weighted by molar-refractivity contribution is -0.123. The average Bonchev–Trinajstić information content (AvgIpc) is 3.41. The van der Waals surface area contributed by atoms with Crippen LogP contribution >= 0.6 is 11.8 Å². The van der Waals surface area contributed by atoms with Crippen molar-refractivity contribution in [2.75, 3.05) is 12.4 Å². The summed E-state index contributed by atoms with van der Waals surface area (Å²) in [6, 6.07) is 19.8. The van der Waals surface area contributed by atoms with Crippen LogP contribution in [0.3, 0.4) is 0 Å². The Morgan fingerprint density at radius 2 is 1.72 bits per heavy atom. The van der Waals surface area contributed by atoms with Crippen molar-refractivity contribution >= 4 is 57.5 Å². The molecule has 1 aliphatic rings. The standard InChI is InChI=1S/C29H22FN3O5S/c1-38-28(36)18-10-12-21(13-11-18)31-26(34)17-32-15-20(22-7-3-5-9-24(22)32)14-25-27(35)33(29(37)39-25)16-19-6-2-4-8-23(19)30/h2-15H,16-17H2,1H3,(H,31,34)/b25-14-. The molecule has 8 nitrogen and oxygen atoms in total. The Morgan fingerprint density at radius 1 is 1.00 bits per heavy atom. The Morgan fingerprint density at radius 3 is 2.46 bits per heavy atom. The molecule has 0 unspecified atom stereocenters. The molecule has 0 spiro atoms. The van der Waals surface area contributed by atoms with E-state index in [1.165, 1.54) is 19.2 Å². The summed E-state index contributed by atoms with van der Waals surface area (Å²) in [6.45, 7) is -0.168. The highest BCUT2D eigenvalue weighted by molar-refractivity contribution is 8.18. The third-order valence-electron chi connectivity index (χ3n) is 6.17. The first-order chi connectivity index (χ1) is 18.8. The molecule has 1 aliphatic heterocycles. The molecular weight excluding hydrogens is 521 g/mol. The van der Waals surface area contributed by atoms with Gasteiger partial charge in [-0.05, 0) is 54.2 Å². The molecule has 1 fully saturated rings. The van der Waals surface area contributed by atoms with E-state index in [1.54, 1.807) is 53.2 Å². The number of thioether (sulfide) groups is 1. The number of carbonyl (C=O) groups excluding carboxylic acids is 4. The number of rotatable bonds is 7. The van der Waals surface area contributed by atoms with Gasteiger partial charge in [0.05, 0.1) is 24.1 Å². The van der Waals surface area contributed by atoms with E-state index in [0.29, 0.717) is 16.8 Å². The topological polar surface area (TPSA) is 97.7 Å². The molecule has 39 heavy (non-hydrogen) atoms. The summed E-state index contributed by atoms with van der Waals surface area (Å²) in [4.78, 5) is 51.3. The summed E-state index contributed by atoms with van der Waals surface area (Å²) < 4.78 is 20.5. The number of fused-ring (bicyclic) bond motifs is 1. The second-order valence-electron chi connectivity index (χ2n) is 8.71. The molecule has 1 N–H and O–H groups in total. The Hall–Kier alpha value is -4.70. The number of nitrogens with one attached hydrogen (secondary N) is 1. The van der Waals surface area contributed by atoms with Gasteiger partial charge in [0.2, 0.25) is 5.91 Å². The van der Waals surface area contributed by atoms with Crippen LogP contribution in [0.5, 0.6) is 0 Å². The summed E-state index contributed by atoms with van der Waals surface area (Å²) >= 11 is 0.795. The highest BCUT2D eigenvalue weighted by atomic mass is 32.2. The van der Waals surface area contributed by atoms with Crippen LogP contribution in [0.2, 0.25) is 0 Å². The SMILES string of the molecule is COC(=O)c1ccc(NC(=O)Cn2cc(/C=C3\SC(=O)N(Cc4ccccc4F)C3=O)c3ccccc32)cc1. The lowest BCUT2D eigenvalue weighted by Crippen LogP contribution is -2.27. The number of halogens is 1. The minimum Gasteiger partial charge on any atom is -0.465 e. The number of anilines is 1. The van der Waals surface area contributed by atoms with Crippen molar-refractivity contribution in [2.45, 2.75) is 13.1 Å². The molecule has 3 amide bonds. The summed E-state index contributed by atoms with van der Waals surface area (Å²) in [5.41, 5.74) is 2.58. The smallest absolute Gasteiger partial charge is 0.337 e. The van der Waals surface area contributed by atoms with Crippen molar-refractivity contribution < 1.29 is 28.3 Å². The third-order valence-corrected chi connectivity index (χ3v) is 7.08. The number of aromatic nitrogens is 1. The Balaban J connectivity index is 1.35. The van der Waals surface area contributed by atoms with Gasteiger partial charge in [-0.25, -0.2) is 9.18 Å². The molecule has 10 heteroatoms. The monoisotopic (exact) mass is 543 g/mol. The van der Waals surface area contributed by atoms with Gasteiger partial charge in [-0.2, -0.15) is 0 Å². The number of para-hydroxylation sites is 1. The number of imide groups is 1. The van der Waals surface area contributed by atoms with E-state index < -0.39 is 22.9 Å². The molecule has 3 aromatic carbocycles. The van der Waals surface area contributed by atoms with Gasteiger partial charge in [-0.15, -0.1) is 0 Å². The van der Waals surface area contributed by atoms with Gasteiger partial charge in [-0.3, -0.25) is 19.3 Å². The van der Waals surface area contributed by atoms with Crippen LogP contribution in [0, 0.1) is 5.82 Å². The molecule has 0 saturated carbocycles. The fourth-order valence-corrected chi connectivity index (χ4v) is 5.09. The second-order valence-corrected chi connectivity index (χ2v) is 9.70. The zero-order valence-corrected chi connectivity index (χ0v) is 21.5. The molecule has 0 aliphatic carbocycles. The fourth-order valence-electron chi connectivity index (χ4n) is 4.26. The molecule has 5 rings (SSSR count). The number of hydrogen-bond acceptors (Lipinski definition) is 6. The van der Waals surface area contributed by atoms with E-state index in [1.807, 2.05) is 24.3 Å². The van der Waals surface area contributed by atoms with Crippen LogP contribution in [-0.4, -0.2) is 39.6 Å². The van der Waals surface area contributed by atoms with Crippen LogP contribution in [-0.2, 0) is 27.4 Å². The summed E-state index contributed by atoms with van der Waals surface area (Å²) in [5.74, 6) is -1.75. The number of ether oxygens (including phenoxy) is 1. The molecule has 1 aromatic heterocycles. The fraction of sp³-hybridized carbons (Fsp3) is 0.103. The normalized spacial score (nSPS) is 14.3. The number of carbonyl (C=O) groups is 4. The minimum absolute atomic E-state index is 0.0120. The molecule has 1 saturated heterocycles. The van der Waals surface area contributed by atoms with Crippen LogP contribution in [0.25, 0.3) is 17.0 Å². The van der Waals surface area contributed by atoms with E-state index in [4.69, 9.17) is 0 Å². The Labute approximate surface area is 227 Å². The first kappa shape index (κ1) is 25.9. The first-order valence-corrected chi connectivity index (χ1v) is 12.7. The van der Waals surface area contributed by atoms with Gasteiger partial charge >= 0.3 is 5.97 Å². The number of hydrogen-bond donors (Lipinski definition) is 1. The van der Waals surface area contributed by atoms with Crippen molar-refractivity contribution in [3.05, 3.63) is 106 Å². The van der Waals surface area contributed by atoms with Gasteiger partial charge in [0.1, 0.15) is 12.4 Å². The van der Waals surface area contributed by atoms with E-state index in [2.05, 4.69) is 10.1 Å². The predicted molar refractivity (Wildman–Crippen MR) is 146 cm³/mol. The van der Waals surface area contributed by atoms with Crippen LogP contribution in [0.15, 0.2) is 83.9 Å². The van der Waals surface area contributed by atoms with Gasteiger partial charge in [0, 0.05) is 33.9 Å². The zero-order valence-electron chi connectivity index (χ0n) is 20.7. The largest absolute Gasteiger partial charge is 0.465 e. The lowest BCUT2D eigenvalue weighted by Gasteiger charge is -2.12. The predicted octanol–water partition coefficient (Wildman–Crippen LogP) is 5.44. The highest BCUT2D eigenvalue weighted by Gasteiger charge is 2.35. The van der Waals surface area contributed by atoms with Crippen LogP contribution < -0.4 is 5.32 Å². The van der Waals surface area contributed by atoms with Gasteiger partial charge in [0.15, 0.2) is 0 Å². The second kappa shape index (κ2) is 11.0. The van der Waals surface area contributed by atoms with Crippen molar-refractivity contribution in [3.8, 4) is 0 Å². The highest BCUT2D eigenvalue weighted by Crippen LogP contribution is 2.35. The molecule has 196 valence electrons. The van der Waals surface area contributed by atoms with Gasteiger partial charge in [0.25, 0.3) is 11.1 Å². The third kappa shape index (κ3) is 5.46. The molecular formula is C29H22FN3O5S. The number of benzene rings is 3. The summed E-state index contributed by atoms with van der Waals surface area (Å²) in [6.07, 6.45) is 3.37. The maximum Gasteiger partial charge on any atom is 0.337 e. The van der Waals surface area contributed by atoms with Crippen molar-refractivity contribution in [1.29, 1.82) is 0 Å². The minimum atomic E-state index is -0.502. The van der Waals surface area contributed by atoms with Crippen LogP contribution in [0.4, 0.5) is 14.9 Å². The molecule has 0 bridgehead atoms. The van der Waals surface area contributed by atoms with E-state index in [-0.39, 0.29) is 29.5 Å². The quantitative estimate of drug-likeness (QED) is 0.246. The van der Waals surface area contributed by atoms with Crippen molar-refractivity contribution in [3.63, 3.8) is 0 Å². The summed E-state index contributed by atoms with van der Waals surface area (Å²) in [7, 11) is 1.30. The first-order valence-electron chi connectivity index (χ1n) is 11.9. The number of nitrogens with zero attached hydrogens (tertiary/aromatic N) is 2. The van der Waals surface area contributed by atoms with E-state index >= 15 is 0 Å². The molecule has 0 radical (unpaired) electrons. The number of methoxy groups -OCH3 is 1. The zero-order chi connectivity index (χ0) is 27.5. The molecule has 0 atom stereocenters. The maximum atomic E-state index is 14.1. The molecule has 4 aromatic rings. The molecule has 2 heterocycles. The Bertz CT molecular complexity index is 1640. The van der Waals surface area contributed by atoms with Gasteiger partial charge in [-0.1, -0.05) is 36.4 Å². The average molecular weight is 544 g/mol. The van der Waals surface area contributed by atoms with E-state index in [0.717, 1.165) is 27.6 Å². The van der Waals surface area contributed by atoms with E-state index in [9.17, 15) is 23.6 Å². The lowest BCUT2D eigenvalue weighted by atomic mass is 10.1. The van der Waals surface area contributed by atoms with Crippen molar-refractivity contribution in [2.24, 2.45) is 0 Å². The maximum absolute atomic E-state index is 14.1. The number of esters is 1. The summed E-state index contributed by atoms with van der Waals surface area (Å²) in [5, 5.41) is 3.12.